The molecule has 126 valence electrons. The number of nitrogens with two attached hydrogens (primary N) is 1. The van der Waals surface area contributed by atoms with E-state index in [1.54, 1.807) is 24.3 Å². The number of halogens is 2. The molecule has 0 saturated carbocycles. The smallest absolute Gasteiger partial charge is 0.294 e. The van der Waals surface area contributed by atoms with E-state index < -0.39 is 23.6 Å². The average molecular weight is 476 g/mol. The molecular weight excluding hydrogens is 464 g/mol. The zero-order valence-corrected chi connectivity index (χ0v) is 16.2. The lowest BCUT2D eigenvalue weighted by Gasteiger charge is -2.10. The van der Waals surface area contributed by atoms with Gasteiger partial charge in [-0.25, -0.2) is 0 Å². The number of thioether (sulfide) groups is 1. The lowest BCUT2D eigenvalue weighted by Crippen LogP contribution is -2.36. The minimum atomic E-state index is -0.743. The number of rotatable bonds is 6. The Morgan fingerprint density at radius 2 is 1.96 bits per heavy atom. The summed E-state index contributed by atoms with van der Waals surface area (Å²) in [6, 6.07) is 3.51. The van der Waals surface area contributed by atoms with E-state index in [0.717, 1.165) is 16.7 Å². The van der Waals surface area contributed by atoms with Gasteiger partial charge >= 0.3 is 0 Å². The van der Waals surface area contributed by atoms with Gasteiger partial charge in [0.25, 0.3) is 11.1 Å². The Morgan fingerprint density at radius 3 is 2.50 bits per heavy atom. The number of carbonyl (C=O) groups is 3. The maximum atomic E-state index is 12.2. The molecule has 1 fully saturated rings. The first-order valence-corrected chi connectivity index (χ1v) is 9.00. The highest BCUT2D eigenvalue weighted by Gasteiger charge is 2.35. The van der Waals surface area contributed by atoms with Crippen molar-refractivity contribution in [3.63, 3.8) is 0 Å². The molecule has 9 heteroatoms. The second kappa shape index (κ2) is 8.00. The molecule has 1 heterocycles. The number of hydrogen-bond donors (Lipinski definition) is 1. The van der Waals surface area contributed by atoms with Crippen LogP contribution in [0.3, 0.4) is 0 Å². The molecule has 24 heavy (non-hydrogen) atoms. The fourth-order valence-corrected chi connectivity index (χ4v) is 4.18. The summed E-state index contributed by atoms with van der Waals surface area (Å²) in [6.45, 7) is 3.51. The summed E-state index contributed by atoms with van der Waals surface area (Å²) in [7, 11) is 0. The molecule has 0 aliphatic carbocycles. The third-order valence-electron chi connectivity index (χ3n) is 2.85. The van der Waals surface area contributed by atoms with Gasteiger partial charge in [0.15, 0.2) is 0 Å². The van der Waals surface area contributed by atoms with Crippen molar-refractivity contribution in [1.82, 2.24) is 4.90 Å². The molecule has 6 nitrogen and oxygen atoms in total. The Morgan fingerprint density at radius 1 is 1.33 bits per heavy atom. The van der Waals surface area contributed by atoms with E-state index in [1.807, 2.05) is 0 Å². The molecule has 3 amide bonds. The summed E-state index contributed by atoms with van der Waals surface area (Å²) in [4.78, 5) is 36.0. The Kier molecular flexibility index (Phi) is 6.25. The largest absolute Gasteiger partial charge is 0.487 e. The minimum Gasteiger partial charge on any atom is -0.487 e. The predicted molar refractivity (Wildman–Crippen MR) is 99.4 cm³/mol. The number of imide groups is 1. The Hall–Kier alpha value is -1.58. The second-order valence-electron chi connectivity index (χ2n) is 4.65. The topological polar surface area (TPSA) is 89.7 Å². The van der Waals surface area contributed by atoms with Crippen molar-refractivity contribution in [1.29, 1.82) is 0 Å². The number of benzene rings is 1. The molecule has 0 bridgehead atoms. The van der Waals surface area contributed by atoms with E-state index in [-0.39, 0.29) is 4.91 Å². The number of nitrogens with zero attached hydrogens (tertiary/aromatic N) is 1. The quantitative estimate of drug-likeness (QED) is 0.503. The van der Waals surface area contributed by atoms with Gasteiger partial charge in [0.1, 0.15) is 18.9 Å². The van der Waals surface area contributed by atoms with Gasteiger partial charge < -0.3 is 10.5 Å². The second-order valence-corrected chi connectivity index (χ2v) is 7.35. The minimum absolute atomic E-state index is 0.222. The summed E-state index contributed by atoms with van der Waals surface area (Å²) in [5.74, 6) is -0.676. The number of amides is 3. The van der Waals surface area contributed by atoms with Crippen LogP contribution in [0.4, 0.5) is 4.79 Å². The fourth-order valence-electron chi connectivity index (χ4n) is 1.89. The molecule has 2 rings (SSSR count). The van der Waals surface area contributed by atoms with Crippen LogP contribution in [-0.4, -0.2) is 35.1 Å². The van der Waals surface area contributed by atoms with Gasteiger partial charge in [-0.1, -0.05) is 12.7 Å². The van der Waals surface area contributed by atoms with E-state index in [1.165, 1.54) is 0 Å². The zero-order chi connectivity index (χ0) is 17.9. The van der Waals surface area contributed by atoms with E-state index >= 15 is 0 Å². The third kappa shape index (κ3) is 4.28. The molecule has 1 aliphatic rings. The van der Waals surface area contributed by atoms with E-state index in [0.29, 0.717) is 26.9 Å². The predicted octanol–water partition coefficient (Wildman–Crippen LogP) is 3.30. The van der Waals surface area contributed by atoms with Crippen LogP contribution in [0.1, 0.15) is 5.56 Å². The van der Waals surface area contributed by atoms with Gasteiger partial charge in [0, 0.05) is 0 Å². The lowest BCUT2D eigenvalue weighted by atomic mass is 10.2. The van der Waals surface area contributed by atoms with Crippen LogP contribution in [0.15, 0.2) is 38.6 Å². The van der Waals surface area contributed by atoms with Gasteiger partial charge in [0.2, 0.25) is 5.91 Å². The Bertz CT molecular complexity index is 741. The molecule has 0 spiro atoms. The molecule has 1 saturated heterocycles. The van der Waals surface area contributed by atoms with Crippen LogP contribution in [0.5, 0.6) is 5.75 Å². The van der Waals surface area contributed by atoms with Crippen LogP contribution >= 0.6 is 43.6 Å². The van der Waals surface area contributed by atoms with Crippen molar-refractivity contribution in [2.24, 2.45) is 5.73 Å². The average Bonchev–Trinajstić information content (AvgIpc) is 2.74. The van der Waals surface area contributed by atoms with Crippen LogP contribution in [0.25, 0.3) is 6.08 Å². The van der Waals surface area contributed by atoms with Crippen molar-refractivity contribution in [2.75, 3.05) is 13.2 Å². The first-order valence-electron chi connectivity index (χ1n) is 6.60. The van der Waals surface area contributed by atoms with Crippen molar-refractivity contribution in [3.8, 4) is 5.75 Å². The number of hydrogen-bond acceptors (Lipinski definition) is 5. The number of primary amides is 1. The van der Waals surface area contributed by atoms with Gasteiger partial charge in [0.05, 0.1) is 13.9 Å². The molecule has 1 aromatic carbocycles. The standard InChI is InChI=1S/C15H12Br2N2O4S/c1-2-3-23-13-9(16)4-8(5-10(13)17)6-11-14(21)19(7-12(18)20)15(22)24-11/h2,4-6H,1,3,7H2,(H2,18,20)/b11-6-. The van der Waals surface area contributed by atoms with Crippen molar-refractivity contribution in [2.45, 2.75) is 0 Å². The van der Waals surface area contributed by atoms with Gasteiger partial charge in [-0.2, -0.15) is 0 Å². The first kappa shape index (κ1) is 18.8. The highest BCUT2D eigenvalue weighted by atomic mass is 79.9. The molecule has 1 aromatic rings. The van der Waals surface area contributed by atoms with Crippen molar-refractivity contribution < 1.29 is 19.1 Å². The van der Waals surface area contributed by atoms with E-state index in [9.17, 15) is 14.4 Å². The summed E-state index contributed by atoms with van der Waals surface area (Å²) in [5, 5.41) is -0.519. The van der Waals surface area contributed by atoms with E-state index in [4.69, 9.17) is 10.5 Å². The van der Waals surface area contributed by atoms with Gasteiger partial charge in [-0.05, 0) is 67.4 Å². The monoisotopic (exact) mass is 474 g/mol. The van der Waals surface area contributed by atoms with Gasteiger partial charge in [-0.15, -0.1) is 0 Å². The van der Waals surface area contributed by atoms with E-state index in [2.05, 4.69) is 38.4 Å². The summed E-state index contributed by atoms with van der Waals surface area (Å²) < 4.78 is 6.89. The van der Waals surface area contributed by atoms with Crippen LogP contribution < -0.4 is 10.5 Å². The molecule has 1 aliphatic heterocycles. The molecule has 0 atom stereocenters. The molecule has 2 N–H and O–H groups in total. The molecular formula is C15H12Br2N2O4S. The Balaban J connectivity index is 2.28. The highest BCUT2D eigenvalue weighted by molar-refractivity contribution is 9.11. The van der Waals surface area contributed by atoms with Crippen LogP contribution in [0.2, 0.25) is 0 Å². The zero-order valence-electron chi connectivity index (χ0n) is 12.3. The Labute approximate surface area is 159 Å². The SMILES string of the molecule is C=CCOc1c(Br)cc(/C=C2\SC(=O)N(CC(N)=O)C2=O)cc1Br. The third-order valence-corrected chi connectivity index (χ3v) is 4.94. The molecule has 0 unspecified atom stereocenters. The highest BCUT2D eigenvalue weighted by Crippen LogP contribution is 2.37. The fraction of sp³-hybridized carbons (Fsp3) is 0.133. The summed E-state index contributed by atoms with van der Waals surface area (Å²) >= 11 is 7.56. The number of carbonyl (C=O) groups excluding carboxylic acids is 3. The lowest BCUT2D eigenvalue weighted by molar-refractivity contribution is -0.127. The number of ether oxygens (including phenoxy) is 1. The normalized spacial score (nSPS) is 15.9. The van der Waals surface area contributed by atoms with Crippen molar-refractivity contribution >= 4 is 66.8 Å². The maximum absolute atomic E-state index is 12.2. The van der Waals surface area contributed by atoms with Gasteiger partial charge in [-0.3, -0.25) is 19.3 Å². The summed E-state index contributed by atoms with van der Waals surface area (Å²) in [6.07, 6.45) is 3.19. The first-order chi connectivity index (χ1) is 11.3. The van der Waals surface area contributed by atoms with Crippen LogP contribution in [-0.2, 0) is 9.59 Å². The maximum Gasteiger partial charge on any atom is 0.294 e. The summed E-state index contributed by atoms with van der Waals surface area (Å²) in [5.41, 5.74) is 5.73. The van der Waals surface area contributed by atoms with Crippen molar-refractivity contribution in [3.05, 3.63) is 44.2 Å². The molecule has 0 radical (unpaired) electrons. The van der Waals surface area contributed by atoms with Crippen LogP contribution in [0, 0.1) is 0 Å². The molecule has 0 aromatic heterocycles.